The van der Waals surface area contributed by atoms with Gasteiger partial charge in [-0.2, -0.15) is 0 Å². The largest absolute Gasteiger partial charge is 0.480 e. The van der Waals surface area contributed by atoms with Crippen molar-refractivity contribution in [2.75, 3.05) is 0 Å². The highest BCUT2D eigenvalue weighted by atomic mass is 16.4. The first-order valence-corrected chi connectivity index (χ1v) is 9.52. The van der Waals surface area contributed by atoms with Crippen molar-refractivity contribution in [3.8, 4) is 11.4 Å². The number of rotatable bonds is 3. The maximum absolute atomic E-state index is 11.3. The summed E-state index contributed by atoms with van der Waals surface area (Å²) in [6, 6.07) is 15.5. The number of carboxylic acids is 1. The molecule has 0 saturated heterocycles. The number of H-pyrrole nitrogens is 1. The predicted octanol–water partition coefficient (Wildman–Crippen LogP) is 4.37. The summed E-state index contributed by atoms with van der Waals surface area (Å²) < 4.78 is 1.74. The molecule has 0 amide bonds. The summed E-state index contributed by atoms with van der Waals surface area (Å²) in [6.07, 6.45) is 5.37. The molecule has 0 aliphatic carbocycles. The van der Waals surface area contributed by atoms with Crippen LogP contribution in [0.1, 0.15) is 0 Å². The molecule has 0 saturated carbocycles. The molecule has 6 rings (SSSR count). The van der Waals surface area contributed by atoms with E-state index < -0.39 is 5.97 Å². The molecule has 0 fully saturated rings. The maximum Gasteiger partial charge on any atom is 0.323 e. The van der Waals surface area contributed by atoms with Gasteiger partial charge in [0.1, 0.15) is 12.4 Å². The van der Waals surface area contributed by atoms with Crippen LogP contribution in [0.5, 0.6) is 0 Å². The van der Waals surface area contributed by atoms with Crippen molar-refractivity contribution in [3.63, 3.8) is 0 Å². The van der Waals surface area contributed by atoms with Crippen molar-refractivity contribution in [2.45, 2.75) is 6.54 Å². The highest BCUT2D eigenvalue weighted by Crippen LogP contribution is 2.35. The van der Waals surface area contributed by atoms with E-state index in [-0.39, 0.29) is 6.54 Å². The molecule has 7 nitrogen and oxygen atoms in total. The Balaban J connectivity index is 1.70. The first-order chi connectivity index (χ1) is 14.7. The number of carboxylic acid groups (broad SMARTS) is 1. The minimum absolute atomic E-state index is 0.111. The van der Waals surface area contributed by atoms with Crippen molar-refractivity contribution in [2.24, 2.45) is 0 Å². The number of hydrogen-bond acceptors (Lipinski definition) is 4. The van der Waals surface area contributed by atoms with E-state index in [2.05, 4.69) is 15.0 Å². The highest BCUT2D eigenvalue weighted by Gasteiger charge is 2.18. The number of aromatic amines is 1. The number of nitrogens with zero attached hydrogens (tertiary/aromatic N) is 4. The molecule has 4 heterocycles. The van der Waals surface area contributed by atoms with E-state index in [0.717, 1.165) is 49.3 Å². The maximum atomic E-state index is 11.3. The molecule has 4 aromatic heterocycles. The highest BCUT2D eigenvalue weighted by molar-refractivity contribution is 6.21. The summed E-state index contributed by atoms with van der Waals surface area (Å²) in [5.74, 6) is -0.201. The Morgan fingerprint density at radius 3 is 2.40 bits per heavy atom. The topological polar surface area (TPSA) is 96.7 Å². The molecule has 0 bridgehead atoms. The second-order valence-electron chi connectivity index (χ2n) is 7.19. The summed E-state index contributed by atoms with van der Waals surface area (Å²) in [6.45, 7) is -0.111. The normalized spacial score (nSPS) is 11.7. The Hall–Kier alpha value is -4.26. The van der Waals surface area contributed by atoms with Crippen LogP contribution in [0, 0.1) is 0 Å². The molecular formula is C23H15N5O2. The third-order valence-corrected chi connectivity index (χ3v) is 5.42. The lowest BCUT2D eigenvalue weighted by Gasteiger charge is -2.03. The second kappa shape index (κ2) is 6.12. The zero-order valence-electron chi connectivity index (χ0n) is 15.7. The molecule has 0 radical (unpaired) electrons. The molecule has 7 heteroatoms. The third-order valence-electron chi connectivity index (χ3n) is 5.42. The van der Waals surface area contributed by atoms with Crippen LogP contribution in [0.4, 0.5) is 0 Å². The predicted molar refractivity (Wildman–Crippen MR) is 115 cm³/mol. The van der Waals surface area contributed by atoms with Crippen molar-refractivity contribution in [1.29, 1.82) is 0 Å². The molecule has 0 atom stereocenters. The zero-order valence-corrected chi connectivity index (χ0v) is 15.7. The number of para-hydroxylation sites is 1. The first kappa shape index (κ1) is 16.7. The van der Waals surface area contributed by atoms with Crippen molar-refractivity contribution >= 4 is 49.7 Å². The van der Waals surface area contributed by atoms with Gasteiger partial charge in [0.2, 0.25) is 0 Å². The lowest BCUT2D eigenvalue weighted by atomic mass is 10.1. The number of aliphatic carboxylic acids is 1. The third kappa shape index (κ3) is 2.32. The van der Waals surface area contributed by atoms with E-state index in [1.165, 1.54) is 0 Å². The van der Waals surface area contributed by atoms with Gasteiger partial charge in [-0.25, -0.2) is 4.98 Å². The van der Waals surface area contributed by atoms with Gasteiger partial charge in [-0.3, -0.25) is 14.8 Å². The number of hydrogen-bond donors (Lipinski definition) is 2. The lowest BCUT2D eigenvalue weighted by molar-refractivity contribution is -0.137. The Morgan fingerprint density at radius 1 is 0.900 bits per heavy atom. The van der Waals surface area contributed by atoms with Gasteiger partial charge in [0, 0.05) is 45.8 Å². The molecule has 0 unspecified atom stereocenters. The van der Waals surface area contributed by atoms with E-state index in [9.17, 15) is 9.90 Å². The number of nitrogens with one attached hydrogen (secondary N) is 1. The van der Waals surface area contributed by atoms with E-state index >= 15 is 0 Å². The van der Waals surface area contributed by atoms with Crippen LogP contribution in [0.25, 0.3) is 55.1 Å². The van der Waals surface area contributed by atoms with Crippen LogP contribution in [0.15, 0.2) is 67.1 Å². The van der Waals surface area contributed by atoms with Gasteiger partial charge < -0.3 is 14.7 Å². The number of aromatic nitrogens is 5. The molecular weight excluding hydrogens is 378 g/mol. The number of imidazole rings is 1. The van der Waals surface area contributed by atoms with Crippen LogP contribution in [0.2, 0.25) is 0 Å². The Kier molecular flexibility index (Phi) is 3.40. The summed E-state index contributed by atoms with van der Waals surface area (Å²) in [5, 5.41) is 12.1. The fraction of sp³-hybridized carbons (Fsp3) is 0.0435. The quantitative estimate of drug-likeness (QED) is 0.435. The molecule has 30 heavy (non-hydrogen) atoms. The van der Waals surface area contributed by atoms with Crippen LogP contribution < -0.4 is 0 Å². The lowest BCUT2D eigenvalue weighted by Crippen LogP contribution is -2.07. The first-order valence-electron chi connectivity index (χ1n) is 9.52. The van der Waals surface area contributed by atoms with Gasteiger partial charge in [0.25, 0.3) is 0 Å². The minimum Gasteiger partial charge on any atom is -0.480 e. The molecule has 0 spiro atoms. The van der Waals surface area contributed by atoms with E-state index in [1.807, 2.05) is 54.7 Å². The van der Waals surface area contributed by atoms with E-state index in [4.69, 9.17) is 4.98 Å². The Morgan fingerprint density at radius 2 is 1.60 bits per heavy atom. The Labute approximate surface area is 169 Å². The average Bonchev–Trinajstić information content (AvgIpc) is 3.36. The van der Waals surface area contributed by atoms with E-state index in [0.29, 0.717) is 5.82 Å². The fourth-order valence-corrected chi connectivity index (χ4v) is 4.18. The van der Waals surface area contributed by atoms with Gasteiger partial charge >= 0.3 is 5.97 Å². The summed E-state index contributed by atoms with van der Waals surface area (Å²) in [5.41, 5.74) is 5.06. The monoisotopic (exact) mass is 393 g/mol. The molecule has 2 N–H and O–H groups in total. The fourth-order valence-electron chi connectivity index (χ4n) is 4.18. The van der Waals surface area contributed by atoms with Crippen LogP contribution in [0.3, 0.4) is 0 Å². The van der Waals surface area contributed by atoms with E-state index in [1.54, 1.807) is 17.0 Å². The van der Waals surface area contributed by atoms with Crippen LogP contribution in [-0.4, -0.2) is 35.6 Å². The van der Waals surface area contributed by atoms with Crippen molar-refractivity contribution < 1.29 is 9.90 Å². The van der Waals surface area contributed by atoms with Crippen molar-refractivity contribution in [3.05, 3.63) is 67.1 Å². The summed E-state index contributed by atoms with van der Waals surface area (Å²) in [7, 11) is 0. The van der Waals surface area contributed by atoms with Gasteiger partial charge in [-0.1, -0.05) is 18.2 Å². The Bertz CT molecular complexity index is 1540. The average molecular weight is 393 g/mol. The zero-order chi connectivity index (χ0) is 20.2. The standard InChI is InChI=1S/C23H15N5O2/c29-18(30)12-28-11-16(13-5-1-2-8-17(13)28)23-26-21-14-6-3-9-24-19(14)20-15(22(21)27-23)7-4-10-25-20/h1-11H,12H2,(H,26,27)(H,29,30). The second-order valence-corrected chi connectivity index (χ2v) is 7.19. The number of carbonyl (C=O) groups is 1. The summed E-state index contributed by atoms with van der Waals surface area (Å²) in [4.78, 5) is 28.8. The molecule has 144 valence electrons. The summed E-state index contributed by atoms with van der Waals surface area (Å²) >= 11 is 0. The van der Waals surface area contributed by atoms with Crippen LogP contribution in [-0.2, 0) is 11.3 Å². The van der Waals surface area contributed by atoms with Gasteiger partial charge in [0.15, 0.2) is 0 Å². The van der Waals surface area contributed by atoms with Crippen LogP contribution >= 0.6 is 0 Å². The molecule has 2 aromatic carbocycles. The molecule has 0 aliphatic rings. The minimum atomic E-state index is -0.888. The van der Waals surface area contributed by atoms with Crippen molar-refractivity contribution in [1.82, 2.24) is 24.5 Å². The molecule has 0 aliphatic heterocycles. The molecule has 6 aromatic rings. The van der Waals surface area contributed by atoms with Gasteiger partial charge in [0.05, 0.1) is 22.1 Å². The van der Waals surface area contributed by atoms with Gasteiger partial charge in [-0.05, 0) is 30.3 Å². The number of benzene rings is 2. The SMILES string of the molecule is O=C(O)Cn1cc(-c2nc3c4cccnc4c4ncccc4c3[nH]2)c2ccccc21. The van der Waals surface area contributed by atoms with Gasteiger partial charge in [-0.15, -0.1) is 0 Å². The number of pyridine rings is 2. The smallest absolute Gasteiger partial charge is 0.323 e. The number of fused-ring (bicyclic) bond motifs is 7.